The summed E-state index contributed by atoms with van der Waals surface area (Å²) in [5.74, 6) is 2.06. The Balaban J connectivity index is 0.000000221. The molecule has 0 saturated heterocycles. The first kappa shape index (κ1) is 55.7. The first-order chi connectivity index (χ1) is 32.6. The van der Waals surface area contributed by atoms with Gasteiger partial charge in [-0.05, 0) is 73.9 Å². The van der Waals surface area contributed by atoms with Gasteiger partial charge in [-0.3, -0.25) is 19.6 Å². The van der Waals surface area contributed by atoms with E-state index in [-0.39, 0.29) is 26.4 Å². The minimum atomic E-state index is -4.75. The van der Waals surface area contributed by atoms with Crippen LogP contribution in [-0.2, 0) is 11.0 Å². The Morgan fingerprint density at radius 3 is 1.63 bits per heavy atom. The van der Waals surface area contributed by atoms with Crippen molar-refractivity contribution in [2.45, 2.75) is 95.2 Å². The molecule has 9 rings (SSSR count). The molecule has 2 fully saturated rings. The van der Waals surface area contributed by atoms with Gasteiger partial charge in [-0.1, -0.05) is 108 Å². The number of nitrogens with zero attached hydrogens (tertiary/aromatic N) is 5. The predicted octanol–water partition coefficient (Wildman–Crippen LogP) is 15.7. The number of fused-ring (bicyclic) bond motifs is 2. The summed E-state index contributed by atoms with van der Waals surface area (Å²) in [5.41, 5.74) is 1.56. The van der Waals surface area contributed by atoms with E-state index >= 15 is 0 Å². The number of Topliss-reactive ketones (excluding diaryl/α,β-unsaturated/α-hetero) is 1. The number of anilines is 2. The molecule has 0 unspecified atom stereocenters. The Morgan fingerprint density at radius 1 is 0.700 bits per heavy atom. The largest absolute Gasteiger partial charge is 0.457 e. The lowest BCUT2D eigenvalue weighted by Gasteiger charge is -2.21. The molecule has 376 valence electrons. The highest BCUT2D eigenvalue weighted by Crippen LogP contribution is 2.35. The van der Waals surface area contributed by atoms with Crippen molar-refractivity contribution in [3.05, 3.63) is 90.6 Å². The number of pyridine rings is 2. The first-order valence-corrected chi connectivity index (χ1v) is 25.1. The molecule has 2 aliphatic rings. The quantitative estimate of drug-likeness (QED) is 0.0574. The maximum Gasteiger partial charge on any atom is 0.452 e. The molecule has 70 heavy (non-hydrogen) atoms. The third-order valence-electron chi connectivity index (χ3n) is 10.9. The molecule has 0 bridgehead atoms. The fourth-order valence-corrected chi connectivity index (χ4v) is 9.81. The van der Waals surface area contributed by atoms with Crippen LogP contribution in [0.1, 0.15) is 95.2 Å². The van der Waals surface area contributed by atoms with E-state index in [4.69, 9.17) is 9.47 Å². The van der Waals surface area contributed by atoms with E-state index in [2.05, 4.69) is 72.4 Å². The zero-order valence-corrected chi connectivity index (χ0v) is 40.8. The van der Waals surface area contributed by atoms with Crippen molar-refractivity contribution in [2.75, 3.05) is 23.7 Å². The molecule has 0 amide bonds. The summed E-state index contributed by atoms with van der Waals surface area (Å²) < 4.78 is 84.9. The van der Waals surface area contributed by atoms with Gasteiger partial charge >= 0.3 is 12.4 Å². The van der Waals surface area contributed by atoms with E-state index in [1.165, 1.54) is 70.4 Å². The number of ketones is 1. The van der Waals surface area contributed by atoms with Crippen LogP contribution in [-0.4, -0.2) is 65.0 Å². The zero-order valence-electron chi connectivity index (χ0n) is 36.0. The average Bonchev–Trinajstić information content (AvgIpc) is 4.10. The van der Waals surface area contributed by atoms with Crippen molar-refractivity contribution < 1.29 is 45.4 Å². The summed E-state index contributed by atoms with van der Waals surface area (Å²) in [6.07, 6.45) is 8.52. The number of aldehydes is 1. The predicted molar refractivity (Wildman–Crippen MR) is 272 cm³/mol. The van der Waals surface area contributed by atoms with Crippen molar-refractivity contribution in [1.82, 2.24) is 29.9 Å². The second kappa shape index (κ2) is 25.8. The van der Waals surface area contributed by atoms with E-state index in [0.717, 1.165) is 61.7 Å². The SMILES string of the molecule is C.C.FC(F)(F)c1cnc(-c2cc(Oc3ccc4nc(NCC5CCCCC5)sc4c3)ccn2)[nH]1.O=C(C(Br)Br)C(F)(F)F.O=Cc1cc(Oc2ccc3nc(NCC4CCCCC4)sc3c2)ccn1. The van der Waals surface area contributed by atoms with Crippen LogP contribution >= 0.6 is 54.5 Å². The summed E-state index contributed by atoms with van der Waals surface area (Å²) in [6, 6.07) is 18.0. The zero-order chi connectivity index (χ0) is 48.3. The Kier molecular flexibility index (Phi) is 20.5. The number of hydrogen-bond donors (Lipinski definition) is 3. The molecule has 5 aromatic heterocycles. The summed E-state index contributed by atoms with van der Waals surface area (Å²) in [4.78, 5) is 44.2. The highest BCUT2D eigenvalue weighted by atomic mass is 79.9. The summed E-state index contributed by atoms with van der Waals surface area (Å²) in [5, 5.41) is 8.85. The van der Waals surface area contributed by atoms with Crippen molar-refractivity contribution in [3.63, 3.8) is 0 Å². The van der Waals surface area contributed by atoms with Gasteiger partial charge in [-0.2, -0.15) is 26.3 Å². The first-order valence-electron chi connectivity index (χ1n) is 21.6. The number of hydrogen-bond acceptors (Lipinski definition) is 13. The Labute approximate surface area is 426 Å². The molecule has 2 aliphatic carbocycles. The smallest absolute Gasteiger partial charge is 0.452 e. The Bertz CT molecular complexity index is 2780. The molecule has 5 heterocycles. The molecule has 22 heteroatoms. The fraction of sp³-hybridized carbons (Fsp3) is 0.396. The van der Waals surface area contributed by atoms with Crippen LogP contribution in [0.4, 0.5) is 36.6 Å². The number of benzene rings is 2. The minimum Gasteiger partial charge on any atom is -0.457 e. The number of alkyl halides is 8. The highest BCUT2D eigenvalue weighted by Gasteiger charge is 2.41. The van der Waals surface area contributed by atoms with Gasteiger partial charge in [0.05, 0.1) is 26.6 Å². The summed E-state index contributed by atoms with van der Waals surface area (Å²) in [7, 11) is 0. The van der Waals surface area contributed by atoms with Gasteiger partial charge in [-0.15, -0.1) is 0 Å². The van der Waals surface area contributed by atoms with E-state index in [1.54, 1.807) is 53.1 Å². The minimum absolute atomic E-state index is 0. The van der Waals surface area contributed by atoms with Gasteiger partial charge in [0.1, 0.15) is 43.8 Å². The van der Waals surface area contributed by atoms with Crippen molar-refractivity contribution >= 4 is 97.3 Å². The number of thiazole rings is 2. The third kappa shape index (κ3) is 16.2. The molecular formula is C48H52Br2F6N8O4S2. The lowest BCUT2D eigenvalue weighted by Crippen LogP contribution is -2.27. The summed E-state index contributed by atoms with van der Waals surface area (Å²) in [6.45, 7) is 1.96. The number of carbonyl (C=O) groups is 2. The van der Waals surface area contributed by atoms with Crippen LogP contribution in [0, 0.1) is 11.8 Å². The van der Waals surface area contributed by atoms with E-state index < -0.39 is 27.6 Å². The molecule has 0 atom stereocenters. The molecule has 2 aromatic carbocycles. The number of ether oxygens (including phenoxy) is 2. The van der Waals surface area contributed by atoms with E-state index in [1.807, 2.05) is 36.4 Å². The number of nitrogens with one attached hydrogen (secondary N) is 3. The maximum absolute atomic E-state index is 12.8. The van der Waals surface area contributed by atoms with Crippen LogP contribution in [0.15, 0.2) is 79.3 Å². The summed E-state index contributed by atoms with van der Waals surface area (Å²) >= 11 is 8.07. The number of carbonyl (C=O) groups excluding carboxylic acids is 2. The molecule has 0 radical (unpaired) electrons. The molecule has 12 nitrogen and oxygen atoms in total. The topological polar surface area (TPSA) is 157 Å². The number of H-pyrrole nitrogens is 1. The number of aromatic nitrogens is 6. The maximum atomic E-state index is 12.8. The van der Waals surface area contributed by atoms with E-state index in [0.29, 0.717) is 35.1 Å². The number of rotatable bonds is 13. The van der Waals surface area contributed by atoms with Gasteiger partial charge < -0.3 is 25.1 Å². The van der Waals surface area contributed by atoms with Crippen LogP contribution in [0.25, 0.3) is 32.0 Å². The third-order valence-corrected chi connectivity index (χ3v) is 13.7. The number of aromatic amines is 1. The van der Waals surface area contributed by atoms with E-state index in [9.17, 15) is 35.9 Å². The molecule has 2 saturated carbocycles. The fourth-order valence-electron chi connectivity index (χ4n) is 7.49. The number of halogens is 8. The Morgan fingerprint density at radius 2 is 1.19 bits per heavy atom. The lowest BCUT2D eigenvalue weighted by molar-refractivity contribution is -0.168. The van der Waals surface area contributed by atoms with Crippen molar-refractivity contribution in [3.8, 4) is 34.5 Å². The van der Waals surface area contributed by atoms with Crippen molar-refractivity contribution in [2.24, 2.45) is 11.8 Å². The Hall–Kier alpha value is -5.19. The normalized spacial score (nSPS) is 14.3. The van der Waals surface area contributed by atoms with Gasteiger partial charge in [0.2, 0.25) is 0 Å². The van der Waals surface area contributed by atoms with Gasteiger partial charge in [0, 0.05) is 49.7 Å². The van der Waals surface area contributed by atoms with Crippen molar-refractivity contribution in [1.29, 1.82) is 0 Å². The molecule has 0 spiro atoms. The standard InChI is InChI=1S/C23H22F3N5OS.C20H21N3O2S.C3HBr2F3O.2CH4/c24-23(25,26)20-13-28-21(31-20)18-10-16(8-9-27-18)32-15-6-7-17-19(11-15)33-22(30-17)29-12-14-4-2-1-3-5-14;24-13-15-10-17(8-9-21-15)25-16-6-7-18-19(11-16)26-20(23-18)22-12-14-4-2-1-3-5-14;4-2(5)1(9)3(6,7)8;;/h6-11,13-14H,1-5,12H2,(H,28,31)(H,29,30);6-11,13-14H,1-5,12H2,(H,22,23);2H;2*1H4. The van der Waals surface area contributed by atoms with Crippen LogP contribution in [0.5, 0.6) is 23.0 Å². The van der Waals surface area contributed by atoms with Crippen LogP contribution < -0.4 is 20.1 Å². The monoisotopic (exact) mass is 1140 g/mol. The van der Waals surface area contributed by atoms with Crippen LogP contribution in [0.2, 0.25) is 0 Å². The lowest BCUT2D eigenvalue weighted by atomic mass is 9.89. The van der Waals surface area contributed by atoms with Gasteiger partial charge in [0.25, 0.3) is 5.78 Å². The van der Waals surface area contributed by atoms with Gasteiger partial charge in [0.15, 0.2) is 22.4 Å². The molecule has 3 N–H and O–H groups in total. The second-order valence-corrected chi connectivity index (χ2v) is 21.1. The van der Waals surface area contributed by atoms with Crippen LogP contribution in [0.3, 0.4) is 0 Å². The molecular weight excluding hydrogens is 1090 g/mol. The highest BCUT2D eigenvalue weighted by molar-refractivity contribution is 9.25. The second-order valence-electron chi connectivity index (χ2n) is 16.0. The van der Waals surface area contributed by atoms with Gasteiger partial charge in [-0.25, -0.2) is 15.0 Å². The molecule has 0 aliphatic heterocycles. The average molecular weight is 1140 g/mol. The molecule has 7 aromatic rings. The number of imidazole rings is 1.